The summed E-state index contributed by atoms with van der Waals surface area (Å²) in [5.74, 6) is 0.180. The first kappa shape index (κ1) is 18.5. The predicted molar refractivity (Wildman–Crippen MR) is 101 cm³/mol. The van der Waals surface area contributed by atoms with Crippen LogP contribution in [0.15, 0.2) is 46.7 Å². The van der Waals surface area contributed by atoms with Crippen LogP contribution < -0.4 is 10.6 Å². The Morgan fingerprint density at radius 2 is 1.96 bits per heavy atom. The van der Waals surface area contributed by atoms with Gasteiger partial charge in [0.15, 0.2) is 0 Å². The van der Waals surface area contributed by atoms with Gasteiger partial charge in [0, 0.05) is 22.4 Å². The van der Waals surface area contributed by atoms with E-state index in [-0.39, 0.29) is 17.9 Å². The van der Waals surface area contributed by atoms with E-state index in [1.807, 2.05) is 43.5 Å². The Bertz CT molecular complexity index is 669. The van der Waals surface area contributed by atoms with E-state index in [4.69, 9.17) is 0 Å². The molecule has 128 valence electrons. The van der Waals surface area contributed by atoms with Crippen LogP contribution >= 0.6 is 23.1 Å². The third kappa shape index (κ3) is 6.02. The molecule has 0 bridgehead atoms. The highest BCUT2D eigenvalue weighted by atomic mass is 32.2. The lowest BCUT2D eigenvalue weighted by molar-refractivity contribution is -0.119. The monoisotopic (exact) mass is 362 g/mol. The van der Waals surface area contributed by atoms with Crippen LogP contribution in [0.2, 0.25) is 0 Å². The third-order valence-electron chi connectivity index (χ3n) is 3.18. The van der Waals surface area contributed by atoms with Gasteiger partial charge in [0.2, 0.25) is 5.91 Å². The van der Waals surface area contributed by atoms with E-state index in [9.17, 15) is 9.59 Å². The van der Waals surface area contributed by atoms with E-state index in [1.54, 1.807) is 17.4 Å². The van der Waals surface area contributed by atoms with Crippen molar-refractivity contribution in [2.75, 3.05) is 12.3 Å². The third-order valence-corrected chi connectivity index (χ3v) is 5.19. The van der Waals surface area contributed by atoms with Gasteiger partial charge >= 0.3 is 0 Å². The summed E-state index contributed by atoms with van der Waals surface area (Å²) in [7, 11) is 0. The number of nitrogens with one attached hydrogen (secondary N) is 2. The molecule has 2 amide bonds. The van der Waals surface area contributed by atoms with Gasteiger partial charge in [0.05, 0.1) is 11.3 Å². The Morgan fingerprint density at radius 3 is 2.67 bits per heavy atom. The molecule has 1 heterocycles. The van der Waals surface area contributed by atoms with Crippen molar-refractivity contribution in [3.8, 4) is 0 Å². The number of thioether (sulfide) groups is 1. The molecule has 0 unspecified atom stereocenters. The predicted octanol–water partition coefficient (Wildman–Crippen LogP) is 3.34. The average molecular weight is 363 g/mol. The van der Waals surface area contributed by atoms with Crippen molar-refractivity contribution < 1.29 is 9.59 Å². The maximum absolute atomic E-state index is 12.4. The maximum Gasteiger partial charge on any atom is 0.252 e. The van der Waals surface area contributed by atoms with Crippen molar-refractivity contribution in [1.82, 2.24) is 10.6 Å². The minimum Gasteiger partial charge on any atom is -0.353 e. The summed E-state index contributed by atoms with van der Waals surface area (Å²) in [6, 6.07) is 11.6. The molecule has 4 nitrogen and oxygen atoms in total. The van der Waals surface area contributed by atoms with Crippen LogP contribution in [-0.4, -0.2) is 30.2 Å². The van der Waals surface area contributed by atoms with Gasteiger partial charge in [-0.3, -0.25) is 9.59 Å². The van der Waals surface area contributed by atoms with Crippen LogP contribution in [0.4, 0.5) is 0 Å². The van der Waals surface area contributed by atoms with Gasteiger partial charge in [-0.2, -0.15) is 0 Å². The highest BCUT2D eigenvalue weighted by Gasteiger charge is 2.12. The van der Waals surface area contributed by atoms with Crippen molar-refractivity contribution in [2.24, 2.45) is 0 Å². The first-order valence-corrected chi connectivity index (χ1v) is 9.74. The van der Waals surface area contributed by atoms with Crippen LogP contribution in [0.25, 0.3) is 0 Å². The molecule has 0 atom stereocenters. The molecule has 24 heavy (non-hydrogen) atoms. The number of hydrogen-bond acceptors (Lipinski definition) is 4. The van der Waals surface area contributed by atoms with Crippen LogP contribution in [0.3, 0.4) is 0 Å². The van der Waals surface area contributed by atoms with E-state index in [0.717, 1.165) is 11.3 Å². The van der Waals surface area contributed by atoms with Crippen molar-refractivity contribution in [1.29, 1.82) is 0 Å². The minimum absolute atomic E-state index is 0.0251. The first-order chi connectivity index (χ1) is 11.6. The molecule has 2 aromatic rings. The molecule has 0 aliphatic heterocycles. The Morgan fingerprint density at radius 1 is 1.17 bits per heavy atom. The van der Waals surface area contributed by atoms with Gasteiger partial charge in [0.25, 0.3) is 5.91 Å². The van der Waals surface area contributed by atoms with E-state index in [0.29, 0.717) is 17.9 Å². The number of hydrogen-bond donors (Lipinski definition) is 2. The van der Waals surface area contributed by atoms with Crippen LogP contribution in [0.1, 0.15) is 29.1 Å². The highest BCUT2D eigenvalue weighted by Crippen LogP contribution is 2.22. The number of carbonyl (C=O) groups excluding carboxylic acids is 2. The summed E-state index contributed by atoms with van der Waals surface area (Å²) in [4.78, 5) is 26.3. The number of amides is 2. The molecular weight excluding hydrogens is 340 g/mol. The van der Waals surface area contributed by atoms with Crippen LogP contribution in [-0.2, 0) is 11.2 Å². The molecule has 0 fully saturated rings. The lowest BCUT2D eigenvalue weighted by atomic mass is 10.2. The van der Waals surface area contributed by atoms with Crippen molar-refractivity contribution in [3.05, 3.63) is 52.2 Å². The van der Waals surface area contributed by atoms with Crippen LogP contribution in [0, 0.1) is 0 Å². The van der Waals surface area contributed by atoms with Gasteiger partial charge in [0.1, 0.15) is 0 Å². The van der Waals surface area contributed by atoms with E-state index >= 15 is 0 Å². The molecule has 0 aliphatic carbocycles. The van der Waals surface area contributed by atoms with Crippen molar-refractivity contribution >= 4 is 34.9 Å². The minimum atomic E-state index is -0.0982. The molecule has 0 saturated carbocycles. The molecule has 1 aromatic heterocycles. The molecule has 2 rings (SSSR count). The fraction of sp³-hybridized carbons (Fsp3) is 0.333. The zero-order chi connectivity index (χ0) is 17.4. The van der Waals surface area contributed by atoms with Gasteiger partial charge in [-0.1, -0.05) is 18.2 Å². The first-order valence-electron chi connectivity index (χ1n) is 7.88. The molecule has 0 aliphatic rings. The molecule has 0 radical (unpaired) electrons. The summed E-state index contributed by atoms with van der Waals surface area (Å²) >= 11 is 3.08. The summed E-state index contributed by atoms with van der Waals surface area (Å²) in [6.45, 7) is 4.46. The SMILES string of the molecule is CC(C)NC(=O)CSc1ccccc1C(=O)NCCc1cccs1. The number of carbonyl (C=O) groups is 2. The number of rotatable bonds is 8. The van der Waals surface area contributed by atoms with Gasteiger partial charge in [-0.05, 0) is 43.8 Å². The quantitative estimate of drug-likeness (QED) is 0.708. The summed E-state index contributed by atoms with van der Waals surface area (Å²) in [5, 5.41) is 7.84. The lowest BCUT2D eigenvalue weighted by Gasteiger charge is -2.11. The molecular formula is C18H22N2O2S2. The second kappa shape index (κ2) is 9.49. The zero-order valence-electron chi connectivity index (χ0n) is 13.9. The standard InChI is InChI=1S/C18H22N2O2S2/c1-13(2)20-17(21)12-24-16-8-4-3-7-15(16)18(22)19-10-9-14-6-5-11-23-14/h3-8,11,13H,9-10,12H2,1-2H3,(H,19,22)(H,20,21). The molecule has 0 spiro atoms. The van der Waals surface area contributed by atoms with E-state index < -0.39 is 0 Å². The Balaban J connectivity index is 1.89. The molecule has 2 N–H and O–H groups in total. The van der Waals surface area contributed by atoms with Crippen molar-refractivity contribution in [2.45, 2.75) is 31.2 Å². The fourth-order valence-corrected chi connectivity index (χ4v) is 3.71. The maximum atomic E-state index is 12.4. The second-order valence-electron chi connectivity index (χ2n) is 5.59. The molecule has 6 heteroatoms. The Hall–Kier alpha value is -1.79. The smallest absolute Gasteiger partial charge is 0.252 e. The normalized spacial score (nSPS) is 10.6. The molecule has 0 saturated heterocycles. The summed E-state index contributed by atoms with van der Waals surface area (Å²) in [5.41, 5.74) is 0.617. The van der Waals surface area contributed by atoms with E-state index in [2.05, 4.69) is 16.7 Å². The van der Waals surface area contributed by atoms with Gasteiger partial charge in [-0.15, -0.1) is 23.1 Å². The Labute approximate surface area is 151 Å². The topological polar surface area (TPSA) is 58.2 Å². The number of benzene rings is 1. The van der Waals surface area contributed by atoms with E-state index in [1.165, 1.54) is 16.6 Å². The van der Waals surface area contributed by atoms with Gasteiger partial charge in [-0.25, -0.2) is 0 Å². The highest BCUT2D eigenvalue weighted by molar-refractivity contribution is 8.00. The lowest BCUT2D eigenvalue weighted by Crippen LogP contribution is -2.31. The number of thiophene rings is 1. The summed E-state index contributed by atoms with van der Waals surface area (Å²) < 4.78 is 0. The van der Waals surface area contributed by atoms with Crippen LogP contribution in [0.5, 0.6) is 0 Å². The average Bonchev–Trinajstić information content (AvgIpc) is 3.06. The largest absolute Gasteiger partial charge is 0.353 e. The van der Waals surface area contributed by atoms with Gasteiger partial charge < -0.3 is 10.6 Å². The van der Waals surface area contributed by atoms with Crippen molar-refractivity contribution in [3.63, 3.8) is 0 Å². The molecule has 1 aromatic carbocycles. The second-order valence-corrected chi connectivity index (χ2v) is 7.64. The fourth-order valence-electron chi connectivity index (χ4n) is 2.14. The Kier molecular flexibility index (Phi) is 7.34. The summed E-state index contributed by atoms with van der Waals surface area (Å²) in [6.07, 6.45) is 0.829. The zero-order valence-corrected chi connectivity index (χ0v) is 15.5.